The summed E-state index contributed by atoms with van der Waals surface area (Å²) in [6.07, 6.45) is 1.99. The van der Waals surface area contributed by atoms with Gasteiger partial charge in [-0.15, -0.1) is 0 Å². The van der Waals surface area contributed by atoms with E-state index in [4.69, 9.17) is 5.26 Å². The highest BCUT2D eigenvalue weighted by Gasteiger charge is 2.07. The lowest BCUT2D eigenvalue weighted by Crippen LogP contribution is -1.93. The maximum Gasteiger partial charge on any atom is 0.0712 e. The lowest BCUT2D eigenvalue weighted by molar-refractivity contribution is 0.727. The highest BCUT2D eigenvalue weighted by atomic mass is 14.3. The van der Waals surface area contributed by atoms with Crippen LogP contribution < -0.4 is 0 Å². The van der Waals surface area contributed by atoms with Crippen LogP contribution in [0.1, 0.15) is 31.2 Å². The first-order valence-electron chi connectivity index (χ1n) is 4.24. The number of rotatable bonds is 3. The van der Waals surface area contributed by atoms with Crippen LogP contribution in [0.5, 0.6) is 0 Å². The maximum absolute atomic E-state index is 8.85. The average molecular weight is 158 g/mol. The van der Waals surface area contributed by atoms with E-state index >= 15 is 0 Å². The molecule has 0 bridgehead atoms. The molecule has 0 saturated carbocycles. The Morgan fingerprint density at radius 3 is 3.00 bits per heavy atom. The molecule has 0 amide bonds. The molecule has 0 aromatic heterocycles. The van der Waals surface area contributed by atoms with Gasteiger partial charge in [0.25, 0.3) is 0 Å². The van der Waals surface area contributed by atoms with Crippen molar-refractivity contribution in [2.24, 2.45) is 0 Å². The molecular formula is C11H12N. The molecule has 1 nitrogen and oxygen atoms in total. The van der Waals surface area contributed by atoms with E-state index < -0.39 is 0 Å². The topological polar surface area (TPSA) is 23.8 Å². The summed E-state index contributed by atoms with van der Waals surface area (Å²) in [6.45, 7) is 2.09. The second-order valence-electron chi connectivity index (χ2n) is 2.81. The van der Waals surface area contributed by atoms with Crippen molar-refractivity contribution >= 4 is 0 Å². The number of hydrogen-bond acceptors (Lipinski definition) is 1. The van der Waals surface area contributed by atoms with Gasteiger partial charge < -0.3 is 0 Å². The molecule has 1 aromatic carbocycles. The molecule has 61 valence electrons. The van der Waals surface area contributed by atoms with Crippen LogP contribution in [-0.4, -0.2) is 0 Å². The largest absolute Gasteiger partial charge is 0.198 e. The Bertz CT molecular complexity index is 258. The summed E-state index contributed by atoms with van der Waals surface area (Å²) in [5.41, 5.74) is 1.09. The molecule has 1 radical (unpaired) electrons. The van der Waals surface area contributed by atoms with Crippen LogP contribution in [0, 0.1) is 17.4 Å². The van der Waals surface area contributed by atoms with Gasteiger partial charge >= 0.3 is 0 Å². The summed E-state index contributed by atoms with van der Waals surface area (Å²) < 4.78 is 0. The molecule has 1 unspecified atom stereocenters. The van der Waals surface area contributed by atoms with Crippen molar-refractivity contribution in [3.05, 3.63) is 35.9 Å². The molecule has 0 N–H and O–H groups in total. The molecule has 0 heterocycles. The summed E-state index contributed by atoms with van der Waals surface area (Å²) in [5, 5.41) is 8.85. The molecule has 0 saturated heterocycles. The fourth-order valence-electron chi connectivity index (χ4n) is 1.22. The minimum atomic E-state index is 0.0486. The normalized spacial score (nSPS) is 12.0. The summed E-state index contributed by atoms with van der Waals surface area (Å²) in [4.78, 5) is 0. The van der Waals surface area contributed by atoms with Crippen molar-refractivity contribution < 1.29 is 0 Å². The van der Waals surface area contributed by atoms with E-state index in [1.54, 1.807) is 0 Å². The van der Waals surface area contributed by atoms with Gasteiger partial charge in [0.1, 0.15) is 0 Å². The smallest absolute Gasteiger partial charge is 0.0712 e. The van der Waals surface area contributed by atoms with Crippen LogP contribution in [0.4, 0.5) is 0 Å². The summed E-state index contributed by atoms with van der Waals surface area (Å²) in [7, 11) is 0. The van der Waals surface area contributed by atoms with Crippen molar-refractivity contribution in [1.29, 1.82) is 5.26 Å². The molecule has 0 aliphatic heterocycles. The third-order valence-corrected chi connectivity index (χ3v) is 1.87. The number of nitriles is 1. The lowest BCUT2D eigenvalue weighted by atomic mass is 9.96. The SMILES string of the molecule is CCCC(C#N)c1c[c]ccc1. The third-order valence-electron chi connectivity index (χ3n) is 1.87. The third kappa shape index (κ3) is 2.10. The Hall–Kier alpha value is -1.29. The minimum absolute atomic E-state index is 0.0486. The van der Waals surface area contributed by atoms with E-state index in [1.165, 1.54) is 0 Å². The van der Waals surface area contributed by atoms with E-state index in [9.17, 15) is 0 Å². The van der Waals surface area contributed by atoms with Crippen molar-refractivity contribution in [3.63, 3.8) is 0 Å². The van der Waals surface area contributed by atoms with Gasteiger partial charge in [-0.1, -0.05) is 31.5 Å². The fourth-order valence-corrected chi connectivity index (χ4v) is 1.22. The predicted molar refractivity (Wildman–Crippen MR) is 48.5 cm³/mol. The van der Waals surface area contributed by atoms with E-state index in [0.29, 0.717) is 0 Å². The van der Waals surface area contributed by atoms with Gasteiger partial charge in [-0.3, -0.25) is 0 Å². The maximum atomic E-state index is 8.85. The average Bonchev–Trinajstić information content (AvgIpc) is 2.15. The molecule has 12 heavy (non-hydrogen) atoms. The van der Waals surface area contributed by atoms with E-state index in [2.05, 4.69) is 19.1 Å². The van der Waals surface area contributed by atoms with Crippen LogP contribution in [0.3, 0.4) is 0 Å². The van der Waals surface area contributed by atoms with Crippen LogP contribution >= 0.6 is 0 Å². The Balaban J connectivity index is 2.75. The Morgan fingerprint density at radius 1 is 1.67 bits per heavy atom. The van der Waals surface area contributed by atoms with E-state index in [0.717, 1.165) is 18.4 Å². The molecule has 1 aromatic rings. The molecule has 1 atom stereocenters. The van der Waals surface area contributed by atoms with Crippen molar-refractivity contribution in [2.75, 3.05) is 0 Å². The summed E-state index contributed by atoms with van der Waals surface area (Å²) in [5.74, 6) is 0.0486. The molecule has 1 heteroatoms. The zero-order chi connectivity index (χ0) is 8.81. The van der Waals surface area contributed by atoms with Crippen molar-refractivity contribution in [3.8, 4) is 6.07 Å². The molecule has 1 rings (SSSR count). The van der Waals surface area contributed by atoms with E-state index in [-0.39, 0.29) is 5.92 Å². The molecule has 0 aliphatic rings. The van der Waals surface area contributed by atoms with Gasteiger partial charge in [-0.05, 0) is 24.1 Å². The van der Waals surface area contributed by atoms with Crippen LogP contribution in [0.25, 0.3) is 0 Å². The second-order valence-corrected chi connectivity index (χ2v) is 2.81. The Kier molecular flexibility index (Phi) is 3.35. The molecule has 0 aliphatic carbocycles. The number of nitrogens with zero attached hydrogens (tertiary/aromatic N) is 1. The fraction of sp³-hybridized carbons (Fsp3) is 0.364. The van der Waals surface area contributed by atoms with Crippen LogP contribution in [0.15, 0.2) is 24.3 Å². The Labute approximate surface area is 73.6 Å². The van der Waals surface area contributed by atoms with Gasteiger partial charge in [0, 0.05) is 0 Å². The Morgan fingerprint density at radius 2 is 2.50 bits per heavy atom. The van der Waals surface area contributed by atoms with Crippen LogP contribution in [0.2, 0.25) is 0 Å². The van der Waals surface area contributed by atoms with Crippen LogP contribution in [-0.2, 0) is 0 Å². The van der Waals surface area contributed by atoms with Crippen molar-refractivity contribution in [2.45, 2.75) is 25.7 Å². The van der Waals surface area contributed by atoms with Crippen molar-refractivity contribution in [1.82, 2.24) is 0 Å². The van der Waals surface area contributed by atoms with Gasteiger partial charge in [-0.2, -0.15) is 5.26 Å². The highest BCUT2D eigenvalue weighted by Crippen LogP contribution is 2.19. The lowest BCUT2D eigenvalue weighted by Gasteiger charge is -2.05. The first-order valence-corrected chi connectivity index (χ1v) is 4.24. The van der Waals surface area contributed by atoms with Gasteiger partial charge in [0.15, 0.2) is 0 Å². The predicted octanol–water partition coefficient (Wildman–Crippen LogP) is 2.89. The standard InChI is InChI=1S/C11H12N/c1-2-6-11(9-12)10-7-4-3-5-8-10/h3-4,7-8,11H,2,6H2,1H3. The number of hydrogen-bond donors (Lipinski definition) is 0. The molecule has 0 fully saturated rings. The van der Waals surface area contributed by atoms with E-state index in [1.807, 2.05) is 24.3 Å². The summed E-state index contributed by atoms with van der Waals surface area (Å²) >= 11 is 0. The molecule has 0 spiro atoms. The van der Waals surface area contributed by atoms with Gasteiger partial charge in [0.2, 0.25) is 0 Å². The monoisotopic (exact) mass is 158 g/mol. The van der Waals surface area contributed by atoms with Gasteiger partial charge in [0.05, 0.1) is 12.0 Å². The second kappa shape index (κ2) is 4.56. The minimum Gasteiger partial charge on any atom is -0.198 e. The first kappa shape index (κ1) is 8.80. The summed E-state index contributed by atoms with van der Waals surface area (Å²) in [6, 6.07) is 12.9. The quantitative estimate of drug-likeness (QED) is 0.663. The highest BCUT2D eigenvalue weighted by molar-refractivity contribution is 5.23. The molecular weight excluding hydrogens is 146 g/mol. The first-order chi connectivity index (χ1) is 5.88. The number of benzene rings is 1. The zero-order valence-corrected chi connectivity index (χ0v) is 7.25. The van der Waals surface area contributed by atoms with Gasteiger partial charge in [-0.25, -0.2) is 0 Å². The zero-order valence-electron chi connectivity index (χ0n) is 7.25.